The fraction of sp³-hybridized carbons (Fsp3) is 0.333. The molecule has 1 aliphatic rings. The Morgan fingerprint density at radius 1 is 1.27 bits per heavy atom. The lowest BCUT2D eigenvalue weighted by Crippen LogP contribution is -2.52. The molecule has 0 aliphatic carbocycles. The number of anilines is 1. The highest BCUT2D eigenvalue weighted by molar-refractivity contribution is 5.97. The highest BCUT2D eigenvalue weighted by Gasteiger charge is 2.42. The number of nitrogens with zero attached hydrogens (tertiary/aromatic N) is 4. The third-order valence-corrected chi connectivity index (χ3v) is 4.77. The number of hydrogen-bond acceptors (Lipinski definition) is 5. The molecule has 0 unspecified atom stereocenters. The number of aryl methyl sites for hydroxylation is 1. The van der Waals surface area contributed by atoms with E-state index in [0.29, 0.717) is 18.7 Å². The number of nitrogens with one attached hydrogen (secondary N) is 3. The first kappa shape index (κ1) is 16.5. The average Bonchev–Trinajstić information content (AvgIpc) is 3.34. The van der Waals surface area contributed by atoms with Gasteiger partial charge in [0, 0.05) is 23.6 Å². The fourth-order valence-corrected chi connectivity index (χ4v) is 3.38. The molecule has 0 spiro atoms. The lowest BCUT2D eigenvalue weighted by atomic mass is 9.87. The molecule has 0 saturated carbocycles. The van der Waals surface area contributed by atoms with Gasteiger partial charge in [0.15, 0.2) is 5.82 Å². The van der Waals surface area contributed by atoms with Crippen molar-refractivity contribution in [1.82, 2.24) is 30.3 Å². The van der Waals surface area contributed by atoms with Crippen LogP contribution in [-0.2, 0) is 10.3 Å². The molecule has 2 aromatic heterocycles. The number of aromatic amines is 1. The summed E-state index contributed by atoms with van der Waals surface area (Å²) >= 11 is 0. The van der Waals surface area contributed by atoms with Crippen LogP contribution < -0.4 is 10.6 Å². The molecular formula is C18H21N7O. The first-order valence-corrected chi connectivity index (χ1v) is 8.69. The van der Waals surface area contributed by atoms with Crippen LogP contribution in [0, 0.1) is 6.92 Å². The van der Waals surface area contributed by atoms with E-state index in [2.05, 4.69) is 30.9 Å². The van der Waals surface area contributed by atoms with Crippen molar-refractivity contribution in [1.29, 1.82) is 0 Å². The van der Waals surface area contributed by atoms with E-state index in [4.69, 9.17) is 0 Å². The van der Waals surface area contributed by atoms with Crippen molar-refractivity contribution in [2.75, 3.05) is 18.4 Å². The van der Waals surface area contributed by atoms with Crippen molar-refractivity contribution in [3.63, 3.8) is 0 Å². The summed E-state index contributed by atoms with van der Waals surface area (Å²) in [6.45, 7) is 3.42. The van der Waals surface area contributed by atoms with E-state index < -0.39 is 5.54 Å². The van der Waals surface area contributed by atoms with Crippen LogP contribution in [0.5, 0.6) is 0 Å². The molecule has 3 aromatic rings. The number of hydrogen-bond donors (Lipinski definition) is 3. The third kappa shape index (κ3) is 2.99. The molecule has 134 valence electrons. The lowest BCUT2D eigenvalue weighted by molar-refractivity contribution is -0.126. The molecule has 1 aliphatic heterocycles. The first-order valence-electron chi connectivity index (χ1n) is 8.69. The predicted octanol–water partition coefficient (Wildman–Crippen LogP) is 1.69. The highest BCUT2D eigenvalue weighted by atomic mass is 16.2. The molecule has 4 rings (SSSR count). The molecule has 1 fully saturated rings. The summed E-state index contributed by atoms with van der Waals surface area (Å²) in [6, 6.07) is 9.42. The van der Waals surface area contributed by atoms with Crippen molar-refractivity contribution in [2.24, 2.45) is 0 Å². The lowest BCUT2D eigenvalue weighted by Gasteiger charge is -2.36. The number of rotatable bonds is 4. The Morgan fingerprint density at radius 2 is 2.12 bits per heavy atom. The molecule has 1 amide bonds. The van der Waals surface area contributed by atoms with Gasteiger partial charge in [0.1, 0.15) is 11.4 Å². The molecule has 26 heavy (non-hydrogen) atoms. The second-order valence-corrected chi connectivity index (χ2v) is 6.51. The summed E-state index contributed by atoms with van der Waals surface area (Å²) < 4.78 is 1.78. The monoisotopic (exact) mass is 351 g/mol. The Balaban J connectivity index is 1.61. The van der Waals surface area contributed by atoms with Gasteiger partial charge < -0.3 is 10.6 Å². The first-order chi connectivity index (χ1) is 12.7. The summed E-state index contributed by atoms with van der Waals surface area (Å²) in [4.78, 5) is 17.5. The van der Waals surface area contributed by atoms with Crippen LogP contribution in [0.1, 0.15) is 18.7 Å². The number of carbonyl (C=O) groups excluding carboxylic acids is 1. The number of carbonyl (C=O) groups is 1. The van der Waals surface area contributed by atoms with Gasteiger partial charge in [-0.2, -0.15) is 10.2 Å². The van der Waals surface area contributed by atoms with Crippen molar-refractivity contribution in [3.8, 4) is 11.4 Å². The zero-order valence-electron chi connectivity index (χ0n) is 14.6. The van der Waals surface area contributed by atoms with Crippen molar-refractivity contribution in [2.45, 2.75) is 25.3 Å². The van der Waals surface area contributed by atoms with Gasteiger partial charge in [0.2, 0.25) is 0 Å². The second kappa shape index (κ2) is 6.72. The van der Waals surface area contributed by atoms with Gasteiger partial charge >= 0.3 is 0 Å². The Labute approximate surface area is 151 Å². The third-order valence-electron chi connectivity index (χ3n) is 4.77. The molecule has 3 N–H and O–H groups in total. The van der Waals surface area contributed by atoms with Gasteiger partial charge in [-0.25, -0.2) is 4.98 Å². The van der Waals surface area contributed by atoms with Gasteiger partial charge in [-0.1, -0.05) is 12.1 Å². The zero-order chi connectivity index (χ0) is 18.0. The van der Waals surface area contributed by atoms with E-state index in [1.54, 1.807) is 10.9 Å². The Hall–Kier alpha value is -3.00. The molecule has 0 radical (unpaired) electrons. The average molecular weight is 351 g/mol. The summed E-state index contributed by atoms with van der Waals surface area (Å²) in [5.41, 5.74) is 0.900. The van der Waals surface area contributed by atoms with Gasteiger partial charge in [-0.15, -0.1) is 0 Å². The largest absolute Gasteiger partial charge is 0.324 e. The van der Waals surface area contributed by atoms with Crippen LogP contribution in [-0.4, -0.2) is 44.0 Å². The van der Waals surface area contributed by atoms with E-state index in [1.165, 1.54) is 0 Å². The fourth-order valence-electron chi connectivity index (χ4n) is 3.38. The minimum Gasteiger partial charge on any atom is -0.324 e. The van der Waals surface area contributed by atoms with Crippen molar-refractivity contribution >= 4 is 11.6 Å². The highest BCUT2D eigenvalue weighted by Crippen LogP contribution is 2.29. The van der Waals surface area contributed by atoms with Crippen LogP contribution >= 0.6 is 0 Å². The maximum Gasteiger partial charge on any atom is 0.252 e. The van der Waals surface area contributed by atoms with Gasteiger partial charge in [-0.05, 0) is 51.1 Å². The second-order valence-electron chi connectivity index (χ2n) is 6.51. The number of amides is 1. The molecule has 3 heterocycles. The van der Waals surface area contributed by atoms with E-state index >= 15 is 0 Å². The van der Waals surface area contributed by atoms with Crippen molar-refractivity contribution < 1.29 is 4.79 Å². The van der Waals surface area contributed by atoms with E-state index in [-0.39, 0.29) is 5.91 Å². The number of piperidine rings is 1. The molecular weight excluding hydrogens is 330 g/mol. The zero-order valence-corrected chi connectivity index (χ0v) is 14.6. The number of benzene rings is 1. The smallest absolute Gasteiger partial charge is 0.252 e. The van der Waals surface area contributed by atoms with Gasteiger partial charge in [0.05, 0.1) is 0 Å². The molecule has 0 bridgehead atoms. The standard InChI is InChI=1S/C18H21N7O/c1-13-21-16(24-23-13)14-4-2-5-15(12-14)22-17(26)18(6-9-19-10-7-18)25-11-3-8-20-25/h2-5,8,11-12,19H,6-7,9-10H2,1H3,(H,22,26)(H,21,23,24). The molecule has 8 nitrogen and oxygen atoms in total. The van der Waals surface area contributed by atoms with Crippen LogP contribution in [0.25, 0.3) is 11.4 Å². The molecule has 8 heteroatoms. The number of H-pyrrole nitrogens is 1. The summed E-state index contributed by atoms with van der Waals surface area (Å²) in [5, 5.41) is 17.7. The van der Waals surface area contributed by atoms with Crippen LogP contribution in [0.2, 0.25) is 0 Å². The van der Waals surface area contributed by atoms with Gasteiger partial charge in [-0.3, -0.25) is 14.6 Å². The van der Waals surface area contributed by atoms with E-state index in [0.717, 1.165) is 30.2 Å². The van der Waals surface area contributed by atoms with Crippen molar-refractivity contribution in [3.05, 3.63) is 48.5 Å². The summed E-state index contributed by atoms with van der Waals surface area (Å²) in [5.74, 6) is 1.31. The number of aromatic nitrogens is 5. The maximum atomic E-state index is 13.2. The Bertz CT molecular complexity index is 894. The maximum absolute atomic E-state index is 13.2. The predicted molar refractivity (Wildman–Crippen MR) is 97.5 cm³/mol. The molecule has 1 aromatic carbocycles. The Kier molecular flexibility index (Phi) is 4.26. The van der Waals surface area contributed by atoms with Crippen LogP contribution in [0.4, 0.5) is 5.69 Å². The molecule has 1 saturated heterocycles. The van der Waals surface area contributed by atoms with Gasteiger partial charge in [0.25, 0.3) is 5.91 Å². The minimum atomic E-state index is -0.675. The summed E-state index contributed by atoms with van der Waals surface area (Å²) in [7, 11) is 0. The SMILES string of the molecule is Cc1nc(-c2cccc(NC(=O)C3(n4cccn4)CCNCC3)c2)n[nH]1. The quantitative estimate of drug-likeness (QED) is 0.664. The normalized spacial score (nSPS) is 16.3. The minimum absolute atomic E-state index is 0.0500. The van der Waals surface area contributed by atoms with Crippen LogP contribution in [0.15, 0.2) is 42.7 Å². The van der Waals surface area contributed by atoms with E-state index in [9.17, 15) is 4.79 Å². The molecule has 0 atom stereocenters. The Morgan fingerprint density at radius 3 is 2.81 bits per heavy atom. The topological polar surface area (TPSA) is 101 Å². The summed E-state index contributed by atoms with van der Waals surface area (Å²) in [6.07, 6.45) is 4.96. The van der Waals surface area contributed by atoms with E-state index in [1.807, 2.05) is 43.5 Å². The van der Waals surface area contributed by atoms with Crippen LogP contribution in [0.3, 0.4) is 0 Å².